The molecule has 0 saturated carbocycles. The highest BCUT2D eigenvalue weighted by Gasteiger charge is 2.22. The Morgan fingerprint density at radius 3 is 1.41 bits per heavy atom. The standard InChI is InChI=1S/C47H30N4/c1-3-15-31(16-4-1)34-29-30-40(37-22-10-9-21-36(34)37)46-48-45(33-18-5-2-6-19-33)49-47(50-46)41-28-27-32-17-7-8-20-35(32)44(41)51-42-25-13-11-23-38(42)39-24-12-14-26-43(39)51/h1-30H. The van der Waals surface area contributed by atoms with Gasteiger partial charge in [-0.3, -0.25) is 0 Å². The van der Waals surface area contributed by atoms with Crippen molar-refractivity contribution in [2.45, 2.75) is 0 Å². The number of hydrogen-bond donors (Lipinski definition) is 0. The van der Waals surface area contributed by atoms with E-state index in [9.17, 15) is 0 Å². The van der Waals surface area contributed by atoms with Gasteiger partial charge in [0.1, 0.15) is 0 Å². The molecular formula is C47H30N4. The average molecular weight is 651 g/mol. The van der Waals surface area contributed by atoms with Crippen molar-refractivity contribution in [2.24, 2.45) is 0 Å². The molecule has 4 heteroatoms. The topological polar surface area (TPSA) is 43.6 Å². The summed E-state index contributed by atoms with van der Waals surface area (Å²) in [4.78, 5) is 15.8. The first-order valence-electron chi connectivity index (χ1n) is 17.2. The molecule has 4 nitrogen and oxygen atoms in total. The van der Waals surface area contributed by atoms with Crippen LogP contribution in [0.2, 0.25) is 0 Å². The Morgan fingerprint density at radius 2 is 0.745 bits per heavy atom. The zero-order chi connectivity index (χ0) is 33.7. The minimum Gasteiger partial charge on any atom is -0.308 e. The van der Waals surface area contributed by atoms with Crippen LogP contribution in [0.25, 0.3) is 94.3 Å². The molecule has 0 atom stereocenters. The molecule has 0 aliphatic rings. The van der Waals surface area contributed by atoms with Crippen LogP contribution in [0.4, 0.5) is 0 Å². The van der Waals surface area contributed by atoms with Crippen molar-refractivity contribution < 1.29 is 0 Å². The molecule has 238 valence electrons. The third-order valence-corrected chi connectivity index (χ3v) is 9.86. The summed E-state index contributed by atoms with van der Waals surface area (Å²) in [6.45, 7) is 0. The number of nitrogens with zero attached hydrogens (tertiary/aromatic N) is 4. The second kappa shape index (κ2) is 11.9. The fourth-order valence-electron chi connectivity index (χ4n) is 7.54. The predicted octanol–water partition coefficient (Wildman–Crippen LogP) is 11.9. The molecule has 2 heterocycles. The molecule has 0 amide bonds. The van der Waals surface area contributed by atoms with E-state index in [-0.39, 0.29) is 0 Å². The highest BCUT2D eigenvalue weighted by atomic mass is 15.1. The first-order valence-corrected chi connectivity index (χ1v) is 17.2. The maximum absolute atomic E-state index is 5.35. The Bertz CT molecular complexity index is 2860. The Balaban J connectivity index is 1.29. The van der Waals surface area contributed by atoms with Gasteiger partial charge in [-0.1, -0.05) is 158 Å². The number of rotatable bonds is 5. The summed E-state index contributed by atoms with van der Waals surface area (Å²) >= 11 is 0. The molecule has 0 bridgehead atoms. The fraction of sp³-hybridized carbons (Fsp3) is 0. The maximum atomic E-state index is 5.35. The van der Waals surface area contributed by atoms with Crippen LogP contribution < -0.4 is 0 Å². The average Bonchev–Trinajstić information content (AvgIpc) is 3.54. The molecule has 0 N–H and O–H groups in total. The third kappa shape index (κ3) is 4.80. The van der Waals surface area contributed by atoms with E-state index in [0.29, 0.717) is 17.5 Å². The van der Waals surface area contributed by atoms with Crippen LogP contribution in [0.15, 0.2) is 182 Å². The summed E-state index contributed by atoms with van der Waals surface area (Å²) in [5.41, 5.74) is 8.51. The Kier molecular flexibility index (Phi) is 6.78. The van der Waals surface area contributed by atoms with Crippen LogP contribution in [0.1, 0.15) is 0 Å². The minimum absolute atomic E-state index is 0.623. The van der Waals surface area contributed by atoms with Crippen LogP contribution >= 0.6 is 0 Å². The lowest BCUT2D eigenvalue weighted by molar-refractivity contribution is 1.07. The predicted molar refractivity (Wildman–Crippen MR) is 211 cm³/mol. The molecule has 8 aromatic carbocycles. The second-order valence-corrected chi connectivity index (χ2v) is 12.8. The molecule has 0 aliphatic heterocycles. The van der Waals surface area contributed by atoms with E-state index >= 15 is 0 Å². The largest absolute Gasteiger partial charge is 0.308 e. The number of fused-ring (bicyclic) bond motifs is 5. The Labute approximate surface area is 295 Å². The fourth-order valence-corrected chi connectivity index (χ4v) is 7.54. The SMILES string of the molecule is c1ccc(-c2nc(-c3ccc4ccccc4c3-n3c4ccccc4c4ccccc43)nc(-c3ccc(-c4ccccc4)c4ccccc34)n2)cc1. The quantitative estimate of drug-likeness (QED) is 0.186. The molecule has 0 aliphatic carbocycles. The van der Waals surface area contributed by atoms with Crippen molar-refractivity contribution in [3.05, 3.63) is 182 Å². The van der Waals surface area contributed by atoms with Crippen molar-refractivity contribution in [3.63, 3.8) is 0 Å². The lowest BCUT2D eigenvalue weighted by Gasteiger charge is -2.18. The minimum atomic E-state index is 0.623. The van der Waals surface area contributed by atoms with Gasteiger partial charge in [-0.25, -0.2) is 15.0 Å². The molecule has 10 rings (SSSR count). The van der Waals surface area contributed by atoms with E-state index in [1.54, 1.807) is 0 Å². The molecule has 0 fully saturated rings. The number of hydrogen-bond acceptors (Lipinski definition) is 3. The van der Waals surface area contributed by atoms with Crippen LogP contribution in [-0.4, -0.2) is 19.5 Å². The van der Waals surface area contributed by atoms with Gasteiger partial charge in [0.15, 0.2) is 17.5 Å². The van der Waals surface area contributed by atoms with Gasteiger partial charge in [0.2, 0.25) is 0 Å². The zero-order valence-electron chi connectivity index (χ0n) is 27.6. The molecule has 0 spiro atoms. The summed E-state index contributed by atoms with van der Waals surface area (Å²) < 4.78 is 2.39. The monoisotopic (exact) mass is 650 g/mol. The van der Waals surface area contributed by atoms with Gasteiger partial charge in [0, 0.05) is 32.8 Å². The van der Waals surface area contributed by atoms with Crippen LogP contribution in [0.3, 0.4) is 0 Å². The van der Waals surface area contributed by atoms with Gasteiger partial charge in [-0.2, -0.15) is 0 Å². The van der Waals surface area contributed by atoms with Crippen LogP contribution in [-0.2, 0) is 0 Å². The van der Waals surface area contributed by atoms with E-state index in [0.717, 1.165) is 55.0 Å². The van der Waals surface area contributed by atoms with Gasteiger partial charge in [0.25, 0.3) is 0 Å². The lowest BCUT2D eigenvalue weighted by atomic mass is 9.94. The molecular weight excluding hydrogens is 621 g/mol. The van der Waals surface area contributed by atoms with Crippen molar-refractivity contribution in [1.82, 2.24) is 19.5 Å². The first-order chi connectivity index (χ1) is 25.3. The molecule has 10 aromatic rings. The second-order valence-electron chi connectivity index (χ2n) is 12.8. The number of aromatic nitrogens is 4. The van der Waals surface area contributed by atoms with Gasteiger partial charge < -0.3 is 4.57 Å². The van der Waals surface area contributed by atoms with Crippen molar-refractivity contribution in [2.75, 3.05) is 0 Å². The molecule has 0 saturated heterocycles. The Morgan fingerprint density at radius 1 is 0.294 bits per heavy atom. The lowest BCUT2D eigenvalue weighted by Crippen LogP contribution is -2.04. The summed E-state index contributed by atoms with van der Waals surface area (Å²) in [7, 11) is 0. The van der Waals surface area contributed by atoms with E-state index < -0.39 is 0 Å². The van der Waals surface area contributed by atoms with Crippen LogP contribution in [0, 0.1) is 0 Å². The van der Waals surface area contributed by atoms with Crippen molar-refractivity contribution in [1.29, 1.82) is 0 Å². The van der Waals surface area contributed by atoms with E-state index in [1.165, 1.54) is 21.9 Å². The van der Waals surface area contributed by atoms with E-state index in [4.69, 9.17) is 15.0 Å². The van der Waals surface area contributed by atoms with E-state index in [2.05, 4.69) is 168 Å². The zero-order valence-corrected chi connectivity index (χ0v) is 27.6. The highest BCUT2D eigenvalue weighted by molar-refractivity contribution is 6.12. The summed E-state index contributed by atoms with van der Waals surface area (Å²) in [5.74, 6) is 1.89. The van der Waals surface area contributed by atoms with Gasteiger partial charge in [0.05, 0.1) is 16.7 Å². The molecule has 0 unspecified atom stereocenters. The van der Waals surface area contributed by atoms with E-state index in [1.807, 2.05) is 18.2 Å². The highest BCUT2D eigenvalue weighted by Crippen LogP contribution is 2.41. The maximum Gasteiger partial charge on any atom is 0.166 e. The molecule has 0 radical (unpaired) electrons. The van der Waals surface area contributed by atoms with Gasteiger partial charge >= 0.3 is 0 Å². The van der Waals surface area contributed by atoms with Crippen molar-refractivity contribution in [3.8, 4) is 51.0 Å². The Hall–Kier alpha value is -6.91. The molecule has 2 aromatic heterocycles. The smallest absolute Gasteiger partial charge is 0.166 e. The summed E-state index contributed by atoms with van der Waals surface area (Å²) in [6.07, 6.45) is 0. The van der Waals surface area contributed by atoms with Gasteiger partial charge in [-0.15, -0.1) is 0 Å². The van der Waals surface area contributed by atoms with Crippen molar-refractivity contribution >= 4 is 43.4 Å². The summed E-state index contributed by atoms with van der Waals surface area (Å²) in [5, 5.41) is 6.94. The van der Waals surface area contributed by atoms with Crippen LogP contribution in [0.5, 0.6) is 0 Å². The van der Waals surface area contributed by atoms with Gasteiger partial charge in [-0.05, 0) is 51.6 Å². The number of benzene rings is 8. The third-order valence-electron chi connectivity index (χ3n) is 9.86. The summed E-state index contributed by atoms with van der Waals surface area (Å²) in [6, 6.07) is 63.8. The first kappa shape index (κ1) is 29.0. The number of para-hydroxylation sites is 2. The molecule has 51 heavy (non-hydrogen) atoms. The normalized spacial score (nSPS) is 11.5.